The van der Waals surface area contributed by atoms with Crippen molar-refractivity contribution in [1.82, 2.24) is 0 Å². The van der Waals surface area contributed by atoms with Crippen molar-refractivity contribution in [1.29, 1.82) is 0 Å². The maximum atomic E-state index is 13.2. The van der Waals surface area contributed by atoms with Crippen LogP contribution in [0.15, 0.2) is 127 Å². The van der Waals surface area contributed by atoms with E-state index in [0.717, 1.165) is 21.5 Å². The molecule has 0 amide bonds. The zero-order chi connectivity index (χ0) is 26.8. The molecule has 6 rings (SSSR count). The number of aromatic hydroxyl groups is 1. The molecule has 5 heteroatoms. The summed E-state index contributed by atoms with van der Waals surface area (Å²) in [5, 5.41) is 14.7. The summed E-state index contributed by atoms with van der Waals surface area (Å²) in [4.78, 5) is 26.5. The fourth-order valence-corrected chi connectivity index (χ4v) is 4.71. The number of fused-ring (bicyclic) bond motifs is 2. The molecule has 0 aromatic heterocycles. The van der Waals surface area contributed by atoms with Crippen molar-refractivity contribution >= 4 is 33.5 Å². The van der Waals surface area contributed by atoms with E-state index in [4.69, 9.17) is 9.47 Å². The Labute approximate surface area is 224 Å². The van der Waals surface area contributed by atoms with Gasteiger partial charge in [-0.05, 0) is 69.6 Å². The highest BCUT2D eigenvalue weighted by molar-refractivity contribution is 6.13. The minimum Gasteiger partial charge on any atom is -0.506 e. The first-order valence-corrected chi connectivity index (χ1v) is 12.4. The van der Waals surface area contributed by atoms with Crippen LogP contribution in [0.3, 0.4) is 0 Å². The molecule has 0 saturated carbocycles. The van der Waals surface area contributed by atoms with Gasteiger partial charge in [0.15, 0.2) is 0 Å². The van der Waals surface area contributed by atoms with Gasteiger partial charge in [-0.25, -0.2) is 9.59 Å². The molecule has 39 heavy (non-hydrogen) atoms. The lowest BCUT2D eigenvalue weighted by molar-refractivity contribution is 0.0723. The summed E-state index contributed by atoms with van der Waals surface area (Å²) < 4.78 is 11.2. The molecule has 0 radical (unpaired) electrons. The van der Waals surface area contributed by atoms with Crippen LogP contribution in [0.1, 0.15) is 20.7 Å². The van der Waals surface area contributed by atoms with Gasteiger partial charge in [0.05, 0.1) is 5.56 Å². The van der Waals surface area contributed by atoms with Crippen LogP contribution in [0.5, 0.6) is 17.2 Å². The van der Waals surface area contributed by atoms with Crippen LogP contribution in [0.25, 0.3) is 32.7 Å². The average molecular weight is 511 g/mol. The van der Waals surface area contributed by atoms with E-state index < -0.39 is 11.9 Å². The number of carbonyl (C=O) groups is 2. The first kappa shape index (κ1) is 23.9. The topological polar surface area (TPSA) is 72.8 Å². The molecule has 0 aliphatic carbocycles. The van der Waals surface area contributed by atoms with E-state index in [1.165, 1.54) is 0 Å². The molecule has 5 nitrogen and oxygen atoms in total. The van der Waals surface area contributed by atoms with Crippen molar-refractivity contribution in [3.8, 4) is 28.4 Å². The molecule has 0 unspecified atom stereocenters. The average Bonchev–Trinajstić information content (AvgIpc) is 2.97. The predicted molar refractivity (Wildman–Crippen MR) is 151 cm³/mol. The number of hydrogen-bond acceptors (Lipinski definition) is 5. The normalized spacial score (nSPS) is 10.9. The number of benzene rings is 6. The third-order valence-corrected chi connectivity index (χ3v) is 6.52. The Morgan fingerprint density at radius 3 is 1.69 bits per heavy atom. The molecule has 0 bridgehead atoms. The summed E-state index contributed by atoms with van der Waals surface area (Å²) in [6.45, 7) is 0. The highest BCUT2D eigenvalue weighted by Gasteiger charge is 2.23. The Morgan fingerprint density at radius 2 is 1.05 bits per heavy atom. The number of hydrogen-bond donors (Lipinski definition) is 1. The van der Waals surface area contributed by atoms with Gasteiger partial charge in [-0.1, -0.05) is 84.9 Å². The van der Waals surface area contributed by atoms with E-state index in [-0.39, 0.29) is 11.3 Å². The number of para-hydroxylation sites is 2. The van der Waals surface area contributed by atoms with Crippen LogP contribution in [-0.2, 0) is 0 Å². The number of phenolic OH excluding ortho intramolecular Hbond substituents is 1. The summed E-state index contributed by atoms with van der Waals surface area (Å²) in [6, 6.07) is 37.7. The molecule has 0 spiro atoms. The summed E-state index contributed by atoms with van der Waals surface area (Å²) in [5.74, 6) is -0.650. The zero-order valence-electron chi connectivity index (χ0n) is 20.7. The Bertz CT molecular complexity index is 1840. The second-order valence-electron chi connectivity index (χ2n) is 9.02. The number of esters is 2. The standard InChI is InChI=1S/C34H22O5/c35-32-30(34(37)39-26-15-5-2-6-16-26)20-23-12-8-10-18-28(23)31(32)29-21-24(19-22-11-7-9-17-27(22)29)33(36)38-25-13-3-1-4-14-25/h1-21,35H. The Morgan fingerprint density at radius 1 is 0.538 bits per heavy atom. The van der Waals surface area contributed by atoms with Crippen molar-refractivity contribution < 1.29 is 24.2 Å². The molecule has 0 fully saturated rings. The molecular formula is C34H22O5. The SMILES string of the molecule is O=C(Oc1ccccc1)c1cc(-c2c(O)c(C(=O)Oc3ccccc3)cc3ccccc23)c2ccccc2c1. The number of carbonyl (C=O) groups excluding carboxylic acids is 2. The minimum absolute atomic E-state index is 0.0221. The Balaban J connectivity index is 1.54. The van der Waals surface area contributed by atoms with E-state index >= 15 is 0 Å². The van der Waals surface area contributed by atoms with Gasteiger partial charge in [-0.3, -0.25) is 0 Å². The van der Waals surface area contributed by atoms with Crippen LogP contribution >= 0.6 is 0 Å². The van der Waals surface area contributed by atoms with E-state index in [2.05, 4.69) is 0 Å². The minimum atomic E-state index is -0.686. The van der Waals surface area contributed by atoms with Crippen LogP contribution in [-0.4, -0.2) is 17.0 Å². The Hall–Kier alpha value is -5.42. The highest BCUT2D eigenvalue weighted by Crippen LogP contribution is 2.43. The van der Waals surface area contributed by atoms with Gasteiger partial charge in [0.25, 0.3) is 0 Å². The van der Waals surface area contributed by atoms with Gasteiger partial charge in [0.2, 0.25) is 0 Å². The van der Waals surface area contributed by atoms with Crippen LogP contribution in [0.2, 0.25) is 0 Å². The largest absolute Gasteiger partial charge is 0.506 e. The molecule has 0 atom stereocenters. The summed E-state index contributed by atoms with van der Waals surface area (Å²) in [7, 11) is 0. The van der Waals surface area contributed by atoms with Gasteiger partial charge in [-0.2, -0.15) is 0 Å². The van der Waals surface area contributed by atoms with Crippen molar-refractivity contribution in [3.05, 3.63) is 139 Å². The van der Waals surface area contributed by atoms with Crippen molar-refractivity contribution in [3.63, 3.8) is 0 Å². The molecule has 6 aromatic carbocycles. The monoisotopic (exact) mass is 510 g/mol. The summed E-state index contributed by atoms with van der Waals surface area (Å²) in [6.07, 6.45) is 0. The molecule has 0 saturated heterocycles. The van der Waals surface area contributed by atoms with Crippen molar-refractivity contribution in [2.45, 2.75) is 0 Å². The maximum Gasteiger partial charge on any atom is 0.347 e. The van der Waals surface area contributed by atoms with Crippen LogP contribution in [0, 0.1) is 0 Å². The molecule has 6 aromatic rings. The first-order valence-electron chi connectivity index (χ1n) is 12.4. The fourth-order valence-electron chi connectivity index (χ4n) is 4.71. The highest BCUT2D eigenvalue weighted by atomic mass is 16.5. The van der Waals surface area contributed by atoms with Crippen molar-refractivity contribution in [2.75, 3.05) is 0 Å². The van der Waals surface area contributed by atoms with E-state index in [9.17, 15) is 14.7 Å². The quantitative estimate of drug-likeness (QED) is 0.189. The lowest BCUT2D eigenvalue weighted by Crippen LogP contribution is -2.10. The third-order valence-electron chi connectivity index (χ3n) is 6.52. The fraction of sp³-hybridized carbons (Fsp3) is 0. The van der Waals surface area contributed by atoms with Gasteiger partial charge in [0.1, 0.15) is 22.8 Å². The number of rotatable bonds is 5. The van der Waals surface area contributed by atoms with Gasteiger partial charge in [-0.15, -0.1) is 0 Å². The number of ether oxygens (including phenoxy) is 2. The maximum absolute atomic E-state index is 13.2. The Kier molecular flexibility index (Phi) is 6.23. The summed E-state index contributed by atoms with van der Waals surface area (Å²) in [5.41, 5.74) is 1.36. The van der Waals surface area contributed by atoms with E-state index in [1.807, 2.05) is 60.7 Å². The second kappa shape index (κ2) is 10.1. The van der Waals surface area contributed by atoms with Crippen LogP contribution < -0.4 is 9.47 Å². The number of phenols is 1. The summed E-state index contributed by atoms with van der Waals surface area (Å²) >= 11 is 0. The lowest BCUT2D eigenvalue weighted by Gasteiger charge is -2.17. The molecule has 0 aliphatic heterocycles. The lowest BCUT2D eigenvalue weighted by atomic mass is 9.89. The van der Waals surface area contributed by atoms with Crippen molar-refractivity contribution in [2.24, 2.45) is 0 Å². The molecule has 0 heterocycles. The van der Waals surface area contributed by atoms with Gasteiger partial charge < -0.3 is 14.6 Å². The first-order chi connectivity index (χ1) is 19.1. The molecule has 188 valence electrons. The van der Waals surface area contributed by atoms with E-state index in [0.29, 0.717) is 28.2 Å². The molecule has 1 N–H and O–H groups in total. The van der Waals surface area contributed by atoms with Gasteiger partial charge >= 0.3 is 11.9 Å². The smallest absolute Gasteiger partial charge is 0.347 e. The second-order valence-corrected chi connectivity index (χ2v) is 9.02. The molecule has 0 aliphatic rings. The predicted octanol–water partition coefficient (Wildman–Crippen LogP) is 7.80. The third kappa shape index (κ3) is 4.69. The zero-order valence-corrected chi connectivity index (χ0v) is 20.7. The van der Waals surface area contributed by atoms with Gasteiger partial charge in [0, 0.05) is 5.56 Å². The molecular weight excluding hydrogens is 488 g/mol. The van der Waals surface area contributed by atoms with E-state index in [1.54, 1.807) is 66.7 Å². The van der Waals surface area contributed by atoms with Crippen LogP contribution in [0.4, 0.5) is 0 Å².